The number of aromatic hydroxyl groups is 1. The minimum Gasteiger partial charge on any atom is -0.508 e. The van der Waals surface area contributed by atoms with E-state index in [1.807, 2.05) is 12.1 Å². The van der Waals surface area contributed by atoms with E-state index in [0.717, 1.165) is 31.2 Å². The zero-order chi connectivity index (χ0) is 19.9. The van der Waals surface area contributed by atoms with Crippen molar-refractivity contribution < 1.29 is 15.0 Å². The Morgan fingerprint density at radius 2 is 1.93 bits per heavy atom. The lowest BCUT2D eigenvalue weighted by Gasteiger charge is -2.32. The molecular weight excluding hydrogens is 336 g/mol. The molecule has 2 rings (SSSR count). The molecule has 152 valence electrons. The summed E-state index contributed by atoms with van der Waals surface area (Å²) >= 11 is 0. The maximum atomic E-state index is 12.0. The van der Waals surface area contributed by atoms with E-state index in [1.54, 1.807) is 0 Å². The molecule has 1 saturated carbocycles. The highest BCUT2D eigenvalue weighted by Crippen LogP contribution is 2.43. The van der Waals surface area contributed by atoms with Crippen molar-refractivity contribution in [2.24, 2.45) is 5.92 Å². The standard InChI is InChI=1S/C24H38O3/c1-4-5-6-7-14-24(2,3)19-11-13-21(23(27)16-19)22-17-20(26)12-10-18(22)9-8-15-25/h11,13,16,18,22,25,27H,4-10,12,14-15,17H2,1-3H3. The van der Waals surface area contributed by atoms with Gasteiger partial charge >= 0.3 is 0 Å². The Labute approximate surface area is 165 Å². The molecule has 1 aliphatic rings. The third-order valence-corrected chi connectivity index (χ3v) is 6.41. The first kappa shape index (κ1) is 21.9. The fraction of sp³-hybridized carbons (Fsp3) is 0.708. The van der Waals surface area contributed by atoms with Gasteiger partial charge in [-0.3, -0.25) is 4.79 Å². The van der Waals surface area contributed by atoms with Crippen LogP contribution >= 0.6 is 0 Å². The zero-order valence-corrected chi connectivity index (χ0v) is 17.5. The first-order chi connectivity index (χ1) is 12.9. The topological polar surface area (TPSA) is 57.5 Å². The van der Waals surface area contributed by atoms with Crippen LogP contribution in [0.1, 0.15) is 102 Å². The lowest BCUT2D eigenvalue weighted by atomic mass is 9.72. The predicted octanol–water partition coefficient (Wildman–Crippen LogP) is 5.87. The van der Waals surface area contributed by atoms with E-state index in [0.29, 0.717) is 30.3 Å². The normalized spacial score (nSPS) is 20.8. The van der Waals surface area contributed by atoms with Crippen LogP contribution in [-0.2, 0) is 10.2 Å². The number of carbonyl (C=O) groups is 1. The van der Waals surface area contributed by atoms with Gasteiger partial charge in [0.1, 0.15) is 11.5 Å². The Morgan fingerprint density at radius 3 is 2.59 bits per heavy atom. The summed E-state index contributed by atoms with van der Waals surface area (Å²) in [6.07, 6.45) is 9.82. The van der Waals surface area contributed by atoms with E-state index in [9.17, 15) is 15.0 Å². The van der Waals surface area contributed by atoms with Crippen molar-refractivity contribution in [2.75, 3.05) is 6.61 Å². The minimum atomic E-state index is 0.0441. The highest BCUT2D eigenvalue weighted by molar-refractivity contribution is 5.80. The van der Waals surface area contributed by atoms with Crippen LogP contribution in [0.3, 0.4) is 0 Å². The molecule has 0 spiro atoms. The second-order valence-corrected chi connectivity index (χ2v) is 8.98. The van der Waals surface area contributed by atoms with Crippen LogP contribution in [-0.4, -0.2) is 22.6 Å². The molecule has 2 N–H and O–H groups in total. The number of Topliss-reactive ketones (excluding diaryl/α,β-unsaturated/α-hetero) is 1. The van der Waals surface area contributed by atoms with Crippen LogP contribution in [0.2, 0.25) is 0 Å². The lowest BCUT2D eigenvalue weighted by Crippen LogP contribution is -2.24. The fourth-order valence-electron chi connectivity index (χ4n) is 4.54. The van der Waals surface area contributed by atoms with E-state index >= 15 is 0 Å². The number of rotatable bonds is 10. The summed E-state index contributed by atoms with van der Waals surface area (Å²) in [5.41, 5.74) is 2.13. The van der Waals surface area contributed by atoms with E-state index < -0.39 is 0 Å². The number of hydrogen-bond donors (Lipinski definition) is 2. The molecule has 0 radical (unpaired) electrons. The number of phenols is 1. The average molecular weight is 375 g/mol. The highest BCUT2D eigenvalue weighted by atomic mass is 16.3. The Bertz CT molecular complexity index is 606. The molecule has 0 amide bonds. The van der Waals surface area contributed by atoms with Crippen LogP contribution in [0.25, 0.3) is 0 Å². The molecule has 0 aliphatic heterocycles. The quantitative estimate of drug-likeness (QED) is 0.504. The summed E-state index contributed by atoms with van der Waals surface area (Å²) in [7, 11) is 0. The second-order valence-electron chi connectivity index (χ2n) is 8.98. The van der Waals surface area contributed by atoms with Gasteiger partial charge in [0.2, 0.25) is 0 Å². The molecule has 1 aliphatic carbocycles. The van der Waals surface area contributed by atoms with Crippen LogP contribution in [0.4, 0.5) is 0 Å². The fourth-order valence-corrected chi connectivity index (χ4v) is 4.54. The number of unbranched alkanes of at least 4 members (excludes halogenated alkanes) is 3. The van der Waals surface area contributed by atoms with Crippen LogP contribution in [0, 0.1) is 5.92 Å². The summed E-state index contributed by atoms with van der Waals surface area (Å²) < 4.78 is 0. The number of aliphatic hydroxyl groups excluding tert-OH is 1. The van der Waals surface area contributed by atoms with Crippen LogP contribution in [0.15, 0.2) is 18.2 Å². The van der Waals surface area contributed by atoms with Gasteiger partial charge in [0.15, 0.2) is 0 Å². The lowest BCUT2D eigenvalue weighted by molar-refractivity contribution is -0.121. The monoisotopic (exact) mass is 374 g/mol. The van der Waals surface area contributed by atoms with Gasteiger partial charge in [-0.25, -0.2) is 0 Å². The first-order valence-corrected chi connectivity index (χ1v) is 10.8. The molecular formula is C24H38O3. The van der Waals surface area contributed by atoms with Gasteiger partial charge in [-0.15, -0.1) is 0 Å². The predicted molar refractivity (Wildman–Crippen MR) is 111 cm³/mol. The number of aliphatic hydroxyl groups is 1. The molecule has 1 fully saturated rings. The highest BCUT2D eigenvalue weighted by Gasteiger charge is 2.32. The van der Waals surface area contributed by atoms with E-state index in [2.05, 4.69) is 26.8 Å². The molecule has 0 bridgehead atoms. The van der Waals surface area contributed by atoms with Crippen molar-refractivity contribution in [3.05, 3.63) is 29.3 Å². The smallest absolute Gasteiger partial charge is 0.133 e. The van der Waals surface area contributed by atoms with Gasteiger partial charge < -0.3 is 10.2 Å². The third-order valence-electron chi connectivity index (χ3n) is 6.41. The summed E-state index contributed by atoms with van der Waals surface area (Å²) in [6, 6.07) is 6.13. The van der Waals surface area contributed by atoms with Crippen molar-refractivity contribution in [1.82, 2.24) is 0 Å². The van der Waals surface area contributed by atoms with Crippen molar-refractivity contribution in [3.63, 3.8) is 0 Å². The summed E-state index contributed by atoms with van der Waals surface area (Å²) in [6.45, 7) is 6.92. The van der Waals surface area contributed by atoms with Gasteiger partial charge in [-0.05, 0) is 60.1 Å². The number of phenolic OH excluding ortho intramolecular Hbond substituents is 1. The second kappa shape index (κ2) is 10.3. The molecule has 1 aromatic carbocycles. The molecule has 2 unspecified atom stereocenters. The van der Waals surface area contributed by atoms with E-state index in [-0.39, 0.29) is 17.9 Å². The average Bonchev–Trinajstić information content (AvgIpc) is 2.64. The Balaban J connectivity index is 2.15. The molecule has 0 heterocycles. The maximum absolute atomic E-state index is 12.0. The molecule has 27 heavy (non-hydrogen) atoms. The largest absolute Gasteiger partial charge is 0.508 e. The van der Waals surface area contributed by atoms with Gasteiger partial charge in [-0.2, -0.15) is 0 Å². The van der Waals surface area contributed by atoms with Crippen LogP contribution in [0.5, 0.6) is 5.75 Å². The summed E-state index contributed by atoms with van der Waals surface area (Å²) in [4.78, 5) is 12.0. The van der Waals surface area contributed by atoms with E-state index in [1.165, 1.54) is 31.2 Å². The third kappa shape index (κ3) is 6.07. The molecule has 1 aromatic rings. The Morgan fingerprint density at radius 1 is 1.15 bits per heavy atom. The summed E-state index contributed by atoms with van der Waals surface area (Å²) in [5, 5.41) is 20.0. The van der Waals surface area contributed by atoms with Gasteiger partial charge in [-0.1, -0.05) is 58.6 Å². The molecule has 3 heteroatoms. The Kier molecular flexibility index (Phi) is 8.34. The van der Waals surface area contributed by atoms with Crippen molar-refractivity contribution >= 4 is 5.78 Å². The van der Waals surface area contributed by atoms with Gasteiger partial charge in [0.05, 0.1) is 0 Å². The number of hydrogen-bond acceptors (Lipinski definition) is 3. The van der Waals surface area contributed by atoms with Crippen molar-refractivity contribution in [2.45, 2.75) is 96.3 Å². The van der Waals surface area contributed by atoms with Gasteiger partial charge in [0, 0.05) is 19.4 Å². The molecule has 2 atom stereocenters. The number of ketones is 1. The van der Waals surface area contributed by atoms with Gasteiger partial charge in [0.25, 0.3) is 0 Å². The van der Waals surface area contributed by atoms with Crippen molar-refractivity contribution in [3.8, 4) is 5.75 Å². The zero-order valence-electron chi connectivity index (χ0n) is 17.5. The number of benzene rings is 1. The maximum Gasteiger partial charge on any atom is 0.133 e. The van der Waals surface area contributed by atoms with E-state index in [4.69, 9.17) is 0 Å². The minimum absolute atomic E-state index is 0.0441. The Hall–Kier alpha value is -1.35. The SMILES string of the molecule is CCCCCCC(C)(C)c1ccc(C2CC(=O)CCC2CCCO)c(O)c1. The first-order valence-electron chi connectivity index (χ1n) is 10.8. The van der Waals surface area contributed by atoms with Crippen LogP contribution < -0.4 is 0 Å². The summed E-state index contributed by atoms with van der Waals surface area (Å²) in [5.74, 6) is 1.08. The molecule has 3 nitrogen and oxygen atoms in total. The number of carbonyl (C=O) groups excluding carboxylic acids is 1. The van der Waals surface area contributed by atoms with Crippen molar-refractivity contribution in [1.29, 1.82) is 0 Å². The molecule has 0 saturated heterocycles. The molecule has 0 aromatic heterocycles.